The Morgan fingerprint density at radius 3 is 2.48 bits per heavy atom. The summed E-state index contributed by atoms with van der Waals surface area (Å²) in [6.45, 7) is 12.1. The minimum Gasteiger partial charge on any atom is -0.359 e. The minimum absolute atomic E-state index is 0.204. The highest BCUT2D eigenvalue weighted by atomic mass is 16.9. The van der Waals surface area contributed by atoms with Crippen LogP contribution in [0.15, 0.2) is 47.6 Å². The zero-order chi connectivity index (χ0) is 21.9. The van der Waals surface area contributed by atoms with Crippen LogP contribution in [0.3, 0.4) is 0 Å². The zero-order valence-electron chi connectivity index (χ0n) is 18.3. The molecular formula is C23H29NO7. The first-order valence-corrected chi connectivity index (χ1v) is 10.6. The Morgan fingerprint density at radius 2 is 1.81 bits per heavy atom. The fourth-order valence-corrected chi connectivity index (χ4v) is 4.50. The number of hydrogen-bond acceptors (Lipinski definition) is 8. The van der Waals surface area contributed by atoms with Gasteiger partial charge in [0.2, 0.25) is 12.1 Å². The average Bonchev–Trinajstić information content (AvgIpc) is 3.21. The molecule has 8 nitrogen and oxygen atoms in total. The quantitative estimate of drug-likeness (QED) is 0.681. The van der Waals surface area contributed by atoms with Gasteiger partial charge in [0.15, 0.2) is 11.6 Å². The van der Waals surface area contributed by atoms with Crippen molar-refractivity contribution >= 4 is 5.71 Å². The number of rotatable bonds is 3. The van der Waals surface area contributed by atoms with Crippen LogP contribution >= 0.6 is 0 Å². The van der Waals surface area contributed by atoms with Crippen molar-refractivity contribution in [2.45, 2.75) is 76.1 Å². The molecule has 3 saturated heterocycles. The van der Waals surface area contributed by atoms with Gasteiger partial charge in [-0.2, -0.15) is 0 Å². The topological polar surface area (TPSA) is 77.0 Å². The van der Waals surface area contributed by atoms with E-state index in [2.05, 4.69) is 11.7 Å². The SMILES string of the molecule is C=C1CC(c2ccccc2)=NO[C@H]1O[C@H]1[C@@H]2OC(C)(C)O[C@@H]2CO[C@]12COC(C)(C)O2. The van der Waals surface area contributed by atoms with Gasteiger partial charge in [-0.05, 0) is 38.8 Å². The molecule has 0 unspecified atom stereocenters. The number of oxime groups is 1. The van der Waals surface area contributed by atoms with E-state index in [4.69, 9.17) is 33.3 Å². The van der Waals surface area contributed by atoms with Crippen molar-refractivity contribution in [3.63, 3.8) is 0 Å². The van der Waals surface area contributed by atoms with Crippen LogP contribution in [-0.4, -0.2) is 60.9 Å². The highest BCUT2D eigenvalue weighted by molar-refractivity contribution is 6.01. The molecule has 0 aromatic heterocycles. The van der Waals surface area contributed by atoms with Crippen LogP contribution in [-0.2, 0) is 33.3 Å². The standard InChI is InChI=1S/C23H29NO7/c1-14-11-16(15-9-7-6-8-10-15)24-30-20(14)27-19-18-17(28-22(4,5)29-18)12-25-23(19)13-26-21(2,3)31-23/h6-10,17-20H,1,11-13H2,2-5H3/t17-,18-,19+,20-,23+/m1/s1. The summed E-state index contributed by atoms with van der Waals surface area (Å²) in [7, 11) is 0. The lowest BCUT2D eigenvalue weighted by Crippen LogP contribution is -2.63. The van der Waals surface area contributed by atoms with Crippen LogP contribution in [0.2, 0.25) is 0 Å². The molecule has 3 fully saturated rings. The first kappa shape index (κ1) is 21.1. The predicted octanol–water partition coefficient (Wildman–Crippen LogP) is 3.11. The molecule has 5 rings (SSSR count). The Balaban J connectivity index is 1.40. The third kappa shape index (κ3) is 3.92. The van der Waals surface area contributed by atoms with Gasteiger partial charge < -0.3 is 33.3 Å². The second kappa shape index (κ2) is 7.37. The molecule has 31 heavy (non-hydrogen) atoms. The van der Waals surface area contributed by atoms with Crippen molar-refractivity contribution < 1.29 is 33.3 Å². The zero-order valence-corrected chi connectivity index (χ0v) is 18.3. The molecule has 4 aliphatic heterocycles. The van der Waals surface area contributed by atoms with Crippen molar-refractivity contribution in [2.75, 3.05) is 13.2 Å². The van der Waals surface area contributed by atoms with Gasteiger partial charge in [0, 0.05) is 6.42 Å². The van der Waals surface area contributed by atoms with Gasteiger partial charge in [0.05, 0.1) is 12.3 Å². The second-order valence-electron chi connectivity index (χ2n) is 9.29. The van der Waals surface area contributed by atoms with Crippen LogP contribution < -0.4 is 0 Å². The van der Waals surface area contributed by atoms with E-state index in [1.165, 1.54) is 0 Å². The summed E-state index contributed by atoms with van der Waals surface area (Å²) in [5.74, 6) is -2.71. The number of nitrogens with zero attached hydrogens (tertiary/aromatic N) is 1. The molecule has 0 radical (unpaired) electrons. The number of benzene rings is 1. The van der Waals surface area contributed by atoms with Crippen LogP contribution in [0.25, 0.3) is 0 Å². The lowest BCUT2D eigenvalue weighted by molar-refractivity contribution is -0.352. The third-order valence-corrected chi connectivity index (χ3v) is 5.85. The maximum atomic E-state index is 6.40. The second-order valence-corrected chi connectivity index (χ2v) is 9.29. The van der Waals surface area contributed by atoms with Gasteiger partial charge in [-0.15, -0.1) is 0 Å². The number of fused-ring (bicyclic) bond motifs is 1. The van der Waals surface area contributed by atoms with Gasteiger partial charge in [0.25, 0.3) is 0 Å². The van der Waals surface area contributed by atoms with Gasteiger partial charge in [-0.3, -0.25) is 0 Å². The van der Waals surface area contributed by atoms with Gasteiger partial charge >= 0.3 is 0 Å². The normalized spacial score (nSPS) is 38.6. The van der Waals surface area contributed by atoms with E-state index >= 15 is 0 Å². The largest absolute Gasteiger partial charge is 0.359 e. The van der Waals surface area contributed by atoms with E-state index in [9.17, 15) is 0 Å². The molecular weight excluding hydrogens is 402 g/mol. The van der Waals surface area contributed by atoms with Gasteiger partial charge in [0.1, 0.15) is 24.9 Å². The molecule has 0 N–H and O–H groups in total. The van der Waals surface area contributed by atoms with E-state index < -0.39 is 35.9 Å². The summed E-state index contributed by atoms with van der Waals surface area (Å²) in [6, 6.07) is 9.87. The summed E-state index contributed by atoms with van der Waals surface area (Å²) >= 11 is 0. The molecule has 4 aliphatic rings. The lowest BCUT2D eigenvalue weighted by Gasteiger charge is -2.44. The molecule has 0 saturated carbocycles. The summed E-state index contributed by atoms with van der Waals surface area (Å²) in [4.78, 5) is 5.73. The van der Waals surface area contributed by atoms with E-state index in [0.717, 1.165) is 16.8 Å². The van der Waals surface area contributed by atoms with Gasteiger partial charge in [-0.1, -0.05) is 42.1 Å². The fourth-order valence-electron chi connectivity index (χ4n) is 4.50. The third-order valence-electron chi connectivity index (χ3n) is 5.85. The summed E-state index contributed by atoms with van der Waals surface area (Å²) < 4.78 is 36.8. The van der Waals surface area contributed by atoms with Crippen molar-refractivity contribution in [1.82, 2.24) is 0 Å². The number of ether oxygens (including phenoxy) is 6. The molecule has 8 heteroatoms. The summed E-state index contributed by atoms with van der Waals surface area (Å²) in [5, 5.41) is 4.30. The molecule has 5 atom stereocenters. The molecule has 168 valence electrons. The van der Waals surface area contributed by atoms with Crippen molar-refractivity contribution in [3.05, 3.63) is 48.0 Å². The van der Waals surface area contributed by atoms with Crippen molar-refractivity contribution in [3.8, 4) is 0 Å². The molecule has 0 bridgehead atoms. The Labute approximate surface area is 182 Å². The van der Waals surface area contributed by atoms with Crippen molar-refractivity contribution in [1.29, 1.82) is 0 Å². The highest BCUT2D eigenvalue weighted by Gasteiger charge is 2.64. The van der Waals surface area contributed by atoms with Crippen molar-refractivity contribution in [2.24, 2.45) is 5.16 Å². The molecule has 1 aromatic carbocycles. The van der Waals surface area contributed by atoms with E-state index in [1.54, 1.807) is 0 Å². The fraction of sp³-hybridized carbons (Fsp3) is 0.609. The van der Waals surface area contributed by atoms with Crippen LogP contribution in [0.1, 0.15) is 39.7 Å². The lowest BCUT2D eigenvalue weighted by atomic mass is 9.96. The monoisotopic (exact) mass is 431 g/mol. The average molecular weight is 431 g/mol. The Hall–Kier alpha value is -1.81. The summed E-state index contributed by atoms with van der Waals surface area (Å²) in [6.07, 6.45) is -1.61. The molecule has 0 aliphatic carbocycles. The Morgan fingerprint density at radius 1 is 1.03 bits per heavy atom. The minimum atomic E-state index is -1.14. The first-order valence-electron chi connectivity index (χ1n) is 10.6. The van der Waals surface area contributed by atoms with Crippen LogP contribution in [0.5, 0.6) is 0 Å². The molecule has 0 amide bonds. The number of hydrogen-bond donors (Lipinski definition) is 0. The highest BCUT2D eigenvalue weighted by Crippen LogP contribution is 2.46. The molecule has 4 heterocycles. The smallest absolute Gasteiger partial charge is 0.249 e. The Kier molecular flexibility index (Phi) is 5.00. The summed E-state index contributed by atoms with van der Waals surface area (Å²) in [5.41, 5.74) is 2.55. The maximum absolute atomic E-state index is 6.40. The van der Waals surface area contributed by atoms with Crippen LogP contribution in [0, 0.1) is 0 Å². The van der Waals surface area contributed by atoms with Crippen LogP contribution in [0.4, 0.5) is 0 Å². The van der Waals surface area contributed by atoms with Gasteiger partial charge in [-0.25, -0.2) is 0 Å². The first-order chi connectivity index (χ1) is 14.7. The van der Waals surface area contributed by atoms with E-state index in [1.807, 2.05) is 58.0 Å². The van der Waals surface area contributed by atoms with E-state index in [0.29, 0.717) is 13.0 Å². The molecule has 1 spiro atoms. The maximum Gasteiger partial charge on any atom is 0.249 e. The predicted molar refractivity (Wildman–Crippen MR) is 110 cm³/mol. The Bertz CT molecular complexity index is 881. The molecule has 1 aromatic rings. The van der Waals surface area contributed by atoms with E-state index in [-0.39, 0.29) is 12.7 Å².